The Kier molecular flexibility index (Phi) is 3.96. The first kappa shape index (κ1) is 14.1. The summed E-state index contributed by atoms with van der Waals surface area (Å²) in [7, 11) is 0. The van der Waals surface area contributed by atoms with Gasteiger partial charge >= 0.3 is 12.0 Å². The number of aliphatic carboxylic acids is 1. The van der Waals surface area contributed by atoms with Gasteiger partial charge in [-0.15, -0.1) is 0 Å². The van der Waals surface area contributed by atoms with Gasteiger partial charge in [0.15, 0.2) is 0 Å². The van der Waals surface area contributed by atoms with Crippen LogP contribution in [0.15, 0.2) is 0 Å². The number of urea groups is 1. The smallest absolute Gasteiger partial charge is 0.326 e. The zero-order chi connectivity index (χ0) is 14.2. The predicted octanol–water partition coefficient (Wildman–Crippen LogP) is -0.265. The van der Waals surface area contributed by atoms with Crippen LogP contribution in [0.25, 0.3) is 0 Å². The van der Waals surface area contributed by atoms with Crippen molar-refractivity contribution >= 4 is 12.0 Å². The van der Waals surface area contributed by atoms with Crippen LogP contribution >= 0.6 is 0 Å². The van der Waals surface area contributed by atoms with Gasteiger partial charge in [0.1, 0.15) is 6.04 Å². The fourth-order valence-electron chi connectivity index (χ4n) is 2.59. The first-order valence-corrected chi connectivity index (χ1v) is 6.50. The minimum atomic E-state index is -1.07. The highest BCUT2D eigenvalue weighted by Gasteiger charge is 2.42. The van der Waals surface area contributed by atoms with Gasteiger partial charge in [-0.2, -0.15) is 0 Å². The van der Waals surface area contributed by atoms with Gasteiger partial charge in [-0.1, -0.05) is 0 Å². The second-order valence-corrected chi connectivity index (χ2v) is 5.32. The van der Waals surface area contributed by atoms with E-state index in [1.165, 1.54) is 4.90 Å². The second kappa shape index (κ2) is 5.34. The minimum absolute atomic E-state index is 0.0593. The molecule has 0 spiro atoms. The summed E-state index contributed by atoms with van der Waals surface area (Å²) in [5.41, 5.74) is 0. The molecule has 7 heteroatoms. The Morgan fingerprint density at radius 1 is 1.21 bits per heavy atom. The zero-order valence-electron chi connectivity index (χ0n) is 11.2. The molecule has 2 amide bonds. The molecule has 2 saturated heterocycles. The molecule has 2 fully saturated rings. The molecule has 3 unspecified atom stereocenters. The van der Waals surface area contributed by atoms with Gasteiger partial charge in [-0.3, -0.25) is 0 Å². The van der Waals surface area contributed by atoms with Crippen LogP contribution in [-0.4, -0.2) is 76.0 Å². The van der Waals surface area contributed by atoms with Gasteiger partial charge in [-0.05, 0) is 13.8 Å². The van der Waals surface area contributed by atoms with E-state index in [2.05, 4.69) is 0 Å². The predicted molar refractivity (Wildman–Crippen MR) is 65.7 cm³/mol. The van der Waals surface area contributed by atoms with Crippen molar-refractivity contribution in [3.63, 3.8) is 0 Å². The number of ether oxygens (including phenoxy) is 1. The van der Waals surface area contributed by atoms with Crippen molar-refractivity contribution in [2.45, 2.75) is 44.6 Å². The SMILES string of the molecule is CC1CN(C(=O)N2CC(O)C[C@H]2C(=O)O)C(C)CO1. The third-order valence-corrected chi connectivity index (χ3v) is 3.66. The molecule has 0 aromatic heterocycles. The number of carbonyl (C=O) groups excluding carboxylic acids is 1. The van der Waals surface area contributed by atoms with E-state index >= 15 is 0 Å². The van der Waals surface area contributed by atoms with E-state index in [1.54, 1.807) is 4.90 Å². The Balaban J connectivity index is 2.11. The van der Waals surface area contributed by atoms with Crippen molar-refractivity contribution < 1.29 is 24.5 Å². The highest BCUT2D eigenvalue weighted by Crippen LogP contribution is 2.22. The first-order valence-electron chi connectivity index (χ1n) is 6.50. The number of likely N-dealkylation sites (tertiary alicyclic amines) is 1. The molecule has 0 aromatic rings. The minimum Gasteiger partial charge on any atom is -0.480 e. The number of carbonyl (C=O) groups is 2. The number of aliphatic hydroxyl groups is 1. The fraction of sp³-hybridized carbons (Fsp3) is 0.833. The van der Waals surface area contributed by atoms with Crippen LogP contribution in [0.4, 0.5) is 4.79 Å². The standard InChI is InChI=1S/C12H20N2O5/c1-7-6-19-8(2)4-13(7)12(18)14-5-9(15)3-10(14)11(16)17/h7-10,15H,3-6H2,1-2H3,(H,16,17)/t7?,8?,9?,10-/m0/s1. The molecule has 0 radical (unpaired) electrons. The molecule has 2 aliphatic heterocycles. The molecule has 7 nitrogen and oxygen atoms in total. The molecule has 0 aliphatic carbocycles. The molecule has 19 heavy (non-hydrogen) atoms. The van der Waals surface area contributed by atoms with Crippen LogP contribution in [0.3, 0.4) is 0 Å². The third-order valence-electron chi connectivity index (χ3n) is 3.66. The Morgan fingerprint density at radius 2 is 1.89 bits per heavy atom. The van der Waals surface area contributed by atoms with E-state index in [-0.39, 0.29) is 31.1 Å². The number of hydrogen-bond donors (Lipinski definition) is 2. The van der Waals surface area contributed by atoms with E-state index < -0.39 is 18.1 Å². The zero-order valence-corrected chi connectivity index (χ0v) is 11.2. The molecule has 108 valence electrons. The highest BCUT2D eigenvalue weighted by atomic mass is 16.5. The topological polar surface area (TPSA) is 90.3 Å². The lowest BCUT2D eigenvalue weighted by Gasteiger charge is -2.39. The number of aliphatic hydroxyl groups excluding tert-OH is 1. The normalized spacial score (nSPS) is 35.5. The lowest BCUT2D eigenvalue weighted by Crippen LogP contribution is -2.56. The van der Waals surface area contributed by atoms with Crippen LogP contribution in [0.5, 0.6) is 0 Å². The van der Waals surface area contributed by atoms with Crippen molar-refractivity contribution in [3.05, 3.63) is 0 Å². The molecule has 0 saturated carbocycles. The average molecular weight is 272 g/mol. The van der Waals surface area contributed by atoms with Gasteiger partial charge in [0.2, 0.25) is 0 Å². The van der Waals surface area contributed by atoms with E-state index in [4.69, 9.17) is 9.84 Å². The fourth-order valence-corrected chi connectivity index (χ4v) is 2.59. The summed E-state index contributed by atoms with van der Waals surface area (Å²) in [6, 6.07) is -1.35. The molecule has 2 N–H and O–H groups in total. The van der Waals surface area contributed by atoms with Crippen LogP contribution in [-0.2, 0) is 9.53 Å². The van der Waals surface area contributed by atoms with Gasteiger partial charge in [0.25, 0.3) is 0 Å². The van der Waals surface area contributed by atoms with Gasteiger partial charge in [0, 0.05) is 19.5 Å². The van der Waals surface area contributed by atoms with Crippen LogP contribution in [0.2, 0.25) is 0 Å². The average Bonchev–Trinajstić information content (AvgIpc) is 2.74. The van der Waals surface area contributed by atoms with Crippen molar-refractivity contribution in [2.75, 3.05) is 19.7 Å². The van der Waals surface area contributed by atoms with Crippen molar-refractivity contribution in [3.8, 4) is 0 Å². The lowest BCUT2D eigenvalue weighted by atomic mass is 10.2. The molecule has 0 bridgehead atoms. The van der Waals surface area contributed by atoms with Crippen LogP contribution in [0.1, 0.15) is 20.3 Å². The third kappa shape index (κ3) is 2.82. The summed E-state index contributed by atoms with van der Waals surface area (Å²) >= 11 is 0. The molecular formula is C12H20N2O5. The number of β-amino-alcohol motifs (C(OH)–C–C–N with tert-alkyl or cyclic N) is 1. The molecule has 2 rings (SSSR count). The van der Waals surface area contributed by atoms with E-state index in [1.807, 2.05) is 13.8 Å². The number of nitrogens with zero attached hydrogens (tertiary/aromatic N) is 2. The number of rotatable bonds is 1. The largest absolute Gasteiger partial charge is 0.480 e. The maximum atomic E-state index is 12.4. The van der Waals surface area contributed by atoms with E-state index in [9.17, 15) is 14.7 Å². The first-order chi connectivity index (χ1) is 8.90. The van der Waals surface area contributed by atoms with Crippen LogP contribution < -0.4 is 0 Å². The number of hydrogen-bond acceptors (Lipinski definition) is 4. The number of carboxylic acid groups (broad SMARTS) is 1. The maximum absolute atomic E-state index is 12.4. The Bertz CT molecular complexity index is 375. The molecule has 4 atom stereocenters. The van der Waals surface area contributed by atoms with Gasteiger partial charge < -0.3 is 24.7 Å². The van der Waals surface area contributed by atoms with Crippen LogP contribution in [0, 0.1) is 0 Å². The van der Waals surface area contributed by atoms with E-state index in [0.717, 1.165) is 0 Å². The summed E-state index contributed by atoms with van der Waals surface area (Å²) in [4.78, 5) is 26.5. The number of amides is 2. The summed E-state index contributed by atoms with van der Waals surface area (Å²) in [5, 5.41) is 18.7. The Hall–Kier alpha value is -1.34. The maximum Gasteiger partial charge on any atom is 0.326 e. The number of morpholine rings is 1. The van der Waals surface area contributed by atoms with Crippen molar-refractivity contribution in [1.82, 2.24) is 9.80 Å². The lowest BCUT2D eigenvalue weighted by molar-refractivity contribution is -0.141. The van der Waals surface area contributed by atoms with Crippen molar-refractivity contribution in [2.24, 2.45) is 0 Å². The monoisotopic (exact) mass is 272 g/mol. The molecule has 2 heterocycles. The Labute approximate surface area is 111 Å². The van der Waals surface area contributed by atoms with Gasteiger partial charge in [-0.25, -0.2) is 9.59 Å². The van der Waals surface area contributed by atoms with Crippen molar-refractivity contribution in [1.29, 1.82) is 0 Å². The molecule has 0 aromatic carbocycles. The number of carboxylic acids is 1. The molecule has 2 aliphatic rings. The summed E-state index contributed by atoms with van der Waals surface area (Å²) in [6.07, 6.45) is -0.732. The van der Waals surface area contributed by atoms with Gasteiger partial charge in [0.05, 0.1) is 24.9 Å². The van der Waals surface area contributed by atoms with E-state index in [0.29, 0.717) is 13.2 Å². The Morgan fingerprint density at radius 3 is 2.53 bits per heavy atom. The summed E-state index contributed by atoms with van der Waals surface area (Å²) in [6.45, 7) is 4.71. The summed E-state index contributed by atoms with van der Waals surface area (Å²) in [5.74, 6) is -1.07. The highest BCUT2D eigenvalue weighted by molar-refractivity contribution is 5.83. The quantitative estimate of drug-likeness (QED) is 0.686. The molecular weight excluding hydrogens is 252 g/mol. The summed E-state index contributed by atoms with van der Waals surface area (Å²) < 4.78 is 5.45. The second-order valence-electron chi connectivity index (χ2n) is 5.32.